The largest absolute Gasteiger partial charge is 0.379 e. The van der Waals surface area contributed by atoms with Crippen molar-refractivity contribution in [2.45, 2.75) is 36.8 Å². The van der Waals surface area contributed by atoms with E-state index in [4.69, 9.17) is 32.7 Å². The van der Waals surface area contributed by atoms with Crippen LogP contribution in [0.3, 0.4) is 0 Å². The van der Waals surface area contributed by atoms with Gasteiger partial charge in [-0.25, -0.2) is 0 Å². The highest BCUT2D eigenvalue weighted by molar-refractivity contribution is 9.09. The molecule has 0 aliphatic carbocycles. The number of hydrogen-bond donors (Lipinski definition) is 0. The van der Waals surface area contributed by atoms with Crippen LogP contribution < -0.4 is 0 Å². The molecule has 15 heavy (non-hydrogen) atoms. The molecule has 2 unspecified atom stereocenters. The highest BCUT2D eigenvalue weighted by Crippen LogP contribution is 2.17. The van der Waals surface area contributed by atoms with Crippen LogP contribution in [-0.2, 0) is 9.47 Å². The van der Waals surface area contributed by atoms with Gasteiger partial charge in [0.25, 0.3) is 0 Å². The van der Waals surface area contributed by atoms with E-state index in [1.54, 1.807) is 7.11 Å². The first-order chi connectivity index (χ1) is 6.96. The lowest BCUT2D eigenvalue weighted by molar-refractivity contribution is -0.0218. The molecule has 0 aromatic rings. The molecular weight excluding hydrogens is 303 g/mol. The molecule has 0 aromatic heterocycles. The van der Waals surface area contributed by atoms with Crippen LogP contribution in [0.5, 0.6) is 0 Å². The molecule has 0 saturated heterocycles. The van der Waals surface area contributed by atoms with E-state index < -0.39 is 0 Å². The number of ether oxygens (including phenoxy) is 2. The number of alkyl halides is 3. The average molecular weight is 322 g/mol. The van der Waals surface area contributed by atoms with E-state index in [0.29, 0.717) is 18.4 Å². The Balaban J connectivity index is 3.82. The van der Waals surface area contributed by atoms with Crippen molar-refractivity contribution in [3.05, 3.63) is 0 Å². The van der Waals surface area contributed by atoms with Crippen molar-refractivity contribution >= 4 is 39.1 Å². The van der Waals surface area contributed by atoms with E-state index in [9.17, 15) is 0 Å². The van der Waals surface area contributed by atoms with Crippen LogP contribution in [0.25, 0.3) is 0 Å². The number of methoxy groups -OCH3 is 1. The Morgan fingerprint density at radius 1 is 1.27 bits per heavy atom. The van der Waals surface area contributed by atoms with Crippen LogP contribution in [0.4, 0.5) is 0 Å². The van der Waals surface area contributed by atoms with E-state index in [2.05, 4.69) is 15.9 Å². The minimum absolute atomic E-state index is 0.0446. The lowest BCUT2D eigenvalue weighted by Crippen LogP contribution is -2.31. The summed E-state index contributed by atoms with van der Waals surface area (Å²) >= 11 is 14.9. The Bertz CT molecular complexity index is 168. The second-order valence-electron chi connectivity index (χ2n) is 3.95. The van der Waals surface area contributed by atoms with Crippen molar-refractivity contribution in [3.63, 3.8) is 0 Å². The van der Waals surface area contributed by atoms with Crippen LogP contribution in [0, 0.1) is 0 Å². The van der Waals surface area contributed by atoms with Gasteiger partial charge in [0.15, 0.2) is 0 Å². The molecular formula is C10H19BrCl2O2. The second kappa shape index (κ2) is 8.13. The highest BCUT2D eigenvalue weighted by atomic mass is 79.9. The average Bonchev–Trinajstić information content (AvgIpc) is 2.23. The number of halogens is 3. The van der Waals surface area contributed by atoms with E-state index in [0.717, 1.165) is 6.42 Å². The van der Waals surface area contributed by atoms with E-state index in [-0.39, 0.29) is 16.5 Å². The molecule has 0 fully saturated rings. The van der Waals surface area contributed by atoms with Crippen LogP contribution in [-0.4, -0.2) is 42.0 Å². The van der Waals surface area contributed by atoms with Gasteiger partial charge >= 0.3 is 0 Å². The topological polar surface area (TPSA) is 18.5 Å². The summed E-state index contributed by atoms with van der Waals surface area (Å²) in [4.78, 5) is 0.0994. The summed E-state index contributed by atoms with van der Waals surface area (Å²) < 4.78 is 10.9. The molecule has 0 N–H and O–H groups in total. The smallest absolute Gasteiger partial charge is 0.0846 e. The molecule has 0 aliphatic rings. The molecule has 0 spiro atoms. The Hall–Kier alpha value is 0.980. The summed E-state index contributed by atoms with van der Waals surface area (Å²) in [5.74, 6) is 0.932. The lowest BCUT2D eigenvalue weighted by atomic mass is 10.1. The van der Waals surface area contributed by atoms with Crippen molar-refractivity contribution in [2.24, 2.45) is 0 Å². The summed E-state index contributed by atoms with van der Waals surface area (Å²) in [7, 11) is 1.70. The van der Waals surface area contributed by atoms with Crippen LogP contribution >= 0.6 is 39.1 Å². The summed E-state index contributed by atoms with van der Waals surface area (Å²) in [5.41, 5.74) is -0.153. The van der Waals surface area contributed by atoms with E-state index in [1.807, 2.05) is 13.8 Å². The standard InChI is InChI=1S/C10H19BrCl2O2/c1-10(2,14-3)4-5-15-9(7-13)8(11)6-12/h8-9H,4-7H2,1-3H3. The summed E-state index contributed by atoms with van der Waals surface area (Å²) in [6.07, 6.45) is 0.788. The molecule has 92 valence electrons. The van der Waals surface area contributed by atoms with Crippen molar-refractivity contribution in [1.29, 1.82) is 0 Å². The molecule has 2 atom stereocenters. The molecule has 0 heterocycles. The fraction of sp³-hybridized carbons (Fsp3) is 1.00. The van der Waals surface area contributed by atoms with Gasteiger partial charge in [-0.3, -0.25) is 0 Å². The van der Waals surface area contributed by atoms with Crippen molar-refractivity contribution in [1.82, 2.24) is 0 Å². The van der Waals surface area contributed by atoms with Gasteiger partial charge in [-0.2, -0.15) is 0 Å². The summed E-state index contributed by atoms with van der Waals surface area (Å²) in [6.45, 7) is 4.68. The molecule has 0 aliphatic heterocycles. The van der Waals surface area contributed by atoms with Gasteiger partial charge in [0, 0.05) is 25.5 Å². The molecule has 0 bridgehead atoms. The third-order valence-electron chi connectivity index (χ3n) is 2.29. The van der Waals surface area contributed by atoms with Gasteiger partial charge in [0.2, 0.25) is 0 Å². The Kier molecular flexibility index (Phi) is 8.66. The predicted octanol–water partition coefficient (Wildman–Crippen LogP) is 3.43. The Morgan fingerprint density at radius 2 is 1.87 bits per heavy atom. The van der Waals surface area contributed by atoms with Crippen molar-refractivity contribution in [2.75, 3.05) is 25.5 Å². The summed E-state index contributed by atoms with van der Waals surface area (Å²) in [5, 5.41) is 0. The normalized spacial score (nSPS) is 16.4. The van der Waals surface area contributed by atoms with Crippen LogP contribution in [0.15, 0.2) is 0 Å². The van der Waals surface area contributed by atoms with Gasteiger partial charge < -0.3 is 9.47 Å². The molecule has 0 amide bonds. The van der Waals surface area contributed by atoms with Gasteiger partial charge in [0.05, 0.1) is 16.5 Å². The highest BCUT2D eigenvalue weighted by Gasteiger charge is 2.20. The minimum atomic E-state index is -0.153. The molecule has 5 heteroatoms. The number of rotatable bonds is 8. The third kappa shape index (κ3) is 7.01. The number of hydrogen-bond acceptors (Lipinski definition) is 2. The predicted molar refractivity (Wildman–Crippen MR) is 69.6 cm³/mol. The van der Waals surface area contributed by atoms with Crippen LogP contribution in [0.2, 0.25) is 0 Å². The van der Waals surface area contributed by atoms with E-state index >= 15 is 0 Å². The quantitative estimate of drug-likeness (QED) is 0.638. The molecule has 2 nitrogen and oxygen atoms in total. The molecule has 0 aromatic carbocycles. The fourth-order valence-corrected chi connectivity index (χ4v) is 1.96. The third-order valence-corrected chi connectivity index (χ3v) is 4.21. The first-order valence-corrected chi connectivity index (χ1v) is 6.88. The molecule has 0 saturated carbocycles. The summed E-state index contributed by atoms with van der Waals surface area (Å²) in [6, 6.07) is 0. The lowest BCUT2D eigenvalue weighted by Gasteiger charge is -2.25. The van der Waals surface area contributed by atoms with Gasteiger partial charge in [-0.15, -0.1) is 23.2 Å². The van der Waals surface area contributed by atoms with Gasteiger partial charge in [0.1, 0.15) is 0 Å². The zero-order valence-corrected chi connectivity index (χ0v) is 12.5. The maximum atomic E-state index is 5.78. The Labute approximate surface area is 111 Å². The zero-order chi connectivity index (χ0) is 11.9. The maximum absolute atomic E-state index is 5.78. The Morgan fingerprint density at radius 3 is 2.27 bits per heavy atom. The first kappa shape index (κ1) is 16.0. The fourth-order valence-electron chi connectivity index (χ4n) is 0.903. The minimum Gasteiger partial charge on any atom is -0.379 e. The van der Waals surface area contributed by atoms with Crippen molar-refractivity contribution in [3.8, 4) is 0 Å². The second-order valence-corrected chi connectivity index (χ2v) is 5.74. The van der Waals surface area contributed by atoms with Crippen LogP contribution in [0.1, 0.15) is 20.3 Å². The monoisotopic (exact) mass is 320 g/mol. The van der Waals surface area contributed by atoms with Gasteiger partial charge in [-0.05, 0) is 20.3 Å². The molecule has 0 rings (SSSR count). The van der Waals surface area contributed by atoms with Gasteiger partial charge in [-0.1, -0.05) is 15.9 Å². The maximum Gasteiger partial charge on any atom is 0.0846 e. The zero-order valence-electron chi connectivity index (χ0n) is 9.43. The van der Waals surface area contributed by atoms with Crippen molar-refractivity contribution < 1.29 is 9.47 Å². The SMILES string of the molecule is COC(C)(C)CCOC(CCl)C(Br)CCl. The molecule has 0 radical (unpaired) electrons. The first-order valence-electron chi connectivity index (χ1n) is 4.89. The van der Waals surface area contributed by atoms with E-state index in [1.165, 1.54) is 0 Å².